The highest BCUT2D eigenvalue weighted by Gasteiger charge is 2.36. The van der Waals surface area contributed by atoms with Crippen LogP contribution in [0.1, 0.15) is 40.5 Å². The van der Waals surface area contributed by atoms with Gasteiger partial charge in [0.1, 0.15) is 5.60 Å². The van der Waals surface area contributed by atoms with Gasteiger partial charge in [-0.3, -0.25) is 4.79 Å². The zero-order chi connectivity index (χ0) is 17.9. The van der Waals surface area contributed by atoms with E-state index >= 15 is 0 Å². The Balaban J connectivity index is 1.94. The maximum Gasteiger partial charge on any atom is 0.407 e. The molecule has 1 heterocycles. The Morgan fingerprint density at radius 2 is 1.96 bits per heavy atom. The van der Waals surface area contributed by atoms with Crippen LogP contribution in [-0.2, 0) is 9.53 Å². The average Bonchev–Trinajstić information content (AvgIpc) is 2.71. The molecule has 1 fully saturated rings. The molecule has 1 unspecified atom stereocenters. The number of benzene rings is 1. The number of rotatable bonds is 4. The fourth-order valence-electron chi connectivity index (χ4n) is 2.87. The van der Waals surface area contributed by atoms with Crippen LogP contribution in [0, 0.1) is 0 Å². The molecule has 1 N–H and O–H groups in total. The van der Waals surface area contributed by atoms with Crippen LogP contribution in [0.25, 0.3) is 0 Å². The van der Waals surface area contributed by atoms with Gasteiger partial charge in [-0.25, -0.2) is 14.8 Å². The van der Waals surface area contributed by atoms with Crippen molar-refractivity contribution in [2.45, 2.75) is 58.2 Å². The molecule has 1 aromatic rings. The van der Waals surface area contributed by atoms with Crippen LogP contribution >= 0.6 is 0 Å². The van der Waals surface area contributed by atoms with Crippen LogP contribution in [0.15, 0.2) is 30.3 Å². The van der Waals surface area contributed by atoms with E-state index in [0.29, 0.717) is 12.8 Å². The molecule has 0 aromatic heterocycles. The first-order valence-corrected chi connectivity index (χ1v) is 8.27. The highest BCUT2D eigenvalue weighted by Crippen LogP contribution is 2.27. The Bertz CT molecular complexity index is 583. The van der Waals surface area contributed by atoms with E-state index in [1.54, 1.807) is 5.01 Å². The smallest absolute Gasteiger partial charge is 0.407 e. The largest absolute Gasteiger partial charge is 0.444 e. The summed E-state index contributed by atoms with van der Waals surface area (Å²) in [5, 5.41) is 6.48. The maximum absolute atomic E-state index is 12.4. The summed E-state index contributed by atoms with van der Waals surface area (Å²) in [7, 11) is 1.91. The van der Waals surface area contributed by atoms with Gasteiger partial charge in [0.25, 0.3) is 0 Å². The lowest BCUT2D eigenvalue weighted by molar-refractivity contribution is -0.117. The van der Waals surface area contributed by atoms with Gasteiger partial charge < -0.3 is 10.1 Å². The molecule has 2 rings (SSSR count). The van der Waals surface area contributed by atoms with E-state index in [4.69, 9.17) is 4.74 Å². The van der Waals surface area contributed by atoms with Crippen molar-refractivity contribution in [2.24, 2.45) is 0 Å². The SMILES string of the molecule is C[C@@H](CC1CC(=O)N(c2ccccc2)N1C)NC(=O)OC(C)(C)C. The van der Waals surface area contributed by atoms with E-state index in [0.717, 1.165) is 5.69 Å². The van der Waals surface area contributed by atoms with Crippen molar-refractivity contribution in [3.05, 3.63) is 30.3 Å². The van der Waals surface area contributed by atoms with E-state index in [-0.39, 0.29) is 18.0 Å². The van der Waals surface area contributed by atoms with Gasteiger partial charge in [-0.05, 0) is 46.2 Å². The van der Waals surface area contributed by atoms with Gasteiger partial charge in [0.15, 0.2) is 0 Å². The van der Waals surface area contributed by atoms with E-state index < -0.39 is 11.7 Å². The number of anilines is 1. The first kappa shape index (κ1) is 18.3. The molecule has 0 spiro atoms. The molecule has 6 heteroatoms. The van der Waals surface area contributed by atoms with Crippen LogP contribution in [0.2, 0.25) is 0 Å². The van der Waals surface area contributed by atoms with E-state index in [1.165, 1.54) is 0 Å². The Hall–Kier alpha value is -2.08. The predicted octanol–water partition coefficient (Wildman–Crippen LogP) is 2.94. The number of alkyl carbamates (subject to hydrolysis) is 1. The lowest BCUT2D eigenvalue weighted by Gasteiger charge is -2.30. The molecular formula is C18H27N3O3. The van der Waals surface area contributed by atoms with Gasteiger partial charge in [0.2, 0.25) is 5.91 Å². The summed E-state index contributed by atoms with van der Waals surface area (Å²) in [6.45, 7) is 7.42. The van der Waals surface area contributed by atoms with E-state index in [1.807, 2.05) is 70.1 Å². The Morgan fingerprint density at radius 3 is 2.54 bits per heavy atom. The zero-order valence-corrected chi connectivity index (χ0v) is 15.1. The number of amides is 2. The highest BCUT2D eigenvalue weighted by atomic mass is 16.6. The molecule has 24 heavy (non-hydrogen) atoms. The van der Waals surface area contributed by atoms with E-state index in [2.05, 4.69) is 5.32 Å². The minimum absolute atomic E-state index is 0.0441. The maximum atomic E-state index is 12.4. The van der Waals surface area contributed by atoms with Crippen LogP contribution in [0.5, 0.6) is 0 Å². The Morgan fingerprint density at radius 1 is 1.33 bits per heavy atom. The highest BCUT2D eigenvalue weighted by molar-refractivity contribution is 5.94. The minimum atomic E-state index is -0.520. The molecule has 2 amide bonds. The second kappa shape index (κ2) is 7.21. The number of carbonyl (C=O) groups excluding carboxylic acids is 2. The molecule has 1 aliphatic rings. The summed E-state index contributed by atoms with van der Waals surface area (Å²) >= 11 is 0. The molecule has 132 valence electrons. The molecule has 0 bridgehead atoms. The minimum Gasteiger partial charge on any atom is -0.444 e. The van der Waals surface area contributed by atoms with Gasteiger partial charge in [-0.15, -0.1) is 0 Å². The number of nitrogens with zero attached hydrogens (tertiary/aromatic N) is 2. The summed E-state index contributed by atoms with van der Waals surface area (Å²) in [5.41, 5.74) is 0.342. The third-order valence-corrected chi connectivity index (χ3v) is 3.88. The number of ether oxygens (including phenoxy) is 1. The summed E-state index contributed by atoms with van der Waals surface area (Å²) in [4.78, 5) is 24.2. The van der Waals surface area contributed by atoms with Gasteiger partial charge in [0, 0.05) is 25.6 Å². The zero-order valence-electron chi connectivity index (χ0n) is 15.1. The van der Waals surface area contributed by atoms with Gasteiger partial charge in [-0.1, -0.05) is 18.2 Å². The molecule has 1 aromatic carbocycles. The first-order chi connectivity index (χ1) is 11.2. The molecule has 1 saturated heterocycles. The number of hydrogen-bond donors (Lipinski definition) is 1. The standard InChI is InChI=1S/C18H27N3O3/c1-13(19-17(23)24-18(2,3)4)11-15-12-16(22)21(20(15)5)14-9-7-6-8-10-14/h6-10,13,15H,11-12H2,1-5H3,(H,19,23)/t13-,15?/m0/s1. The van der Waals surface area contributed by atoms with Crippen molar-refractivity contribution in [2.75, 3.05) is 12.1 Å². The summed E-state index contributed by atoms with van der Waals surface area (Å²) in [6.07, 6.45) is 0.679. The number of nitrogens with one attached hydrogen (secondary N) is 1. The van der Waals surface area contributed by atoms with Crippen molar-refractivity contribution in [1.29, 1.82) is 0 Å². The number of para-hydroxylation sites is 1. The number of carbonyl (C=O) groups is 2. The molecule has 0 radical (unpaired) electrons. The fourth-order valence-corrected chi connectivity index (χ4v) is 2.87. The normalized spacial score (nSPS) is 20.1. The van der Waals surface area contributed by atoms with Crippen molar-refractivity contribution >= 4 is 17.7 Å². The van der Waals surface area contributed by atoms with Crippen molar-refractivity contribution in [3.63, 3.8) is 0 Å². The summed E-state index contributed by atoms with van der Waals surface area (Å²) in [5.74, 6) is 0.0677. The van der Waals surface area contributed by atoms with Crippen LogP contribution in [-0.4, -0.2) is 41.7 Å². The van der Waals surface area contributed by atoms with Crippen molar-refractivity contribution in [3.8, 4) is 0 Å². The van der Waals surface area contributed by atoms with Gasteiger partial charge in [-0.2, -0.15) is 0 Å². The van der Waals surface area contributed by atoms with Crippen LogP contribution in [0.4, 0.5) is 10.5 Å². The predicted molar refractivity (Wildman–Crippen MR) is 93.5 cm³/mol. The summed E-state index contributed by atoms with van der Waals surface area (Å²) < 4.78 is 5.27. The Labute approximate surface area is 143 Å². The lowest BCUT2D eigenvalue weighted by atomic mass is 10.1. The van der Waals surface area contributed by atoms with Gasteiger partial charge in [0.05, 0.1) is 5.69 Å². The first-order valence-electron chi connectivity index (χ1n) is 8.27. The molecule has 1 aliphatic heterocycles. The quantitative estimate of drug-likeness (QED) is 0.920. The fraction of sp³-hybridized carbons (Fsp3) is 0.556. The molecule has 0 aliphatic carbocycles. The summed E-state index contributed by atoms with van der Waals surface area (Å²) in [6, 6.07) is 9.54. The second-order valence-electron chi connectivity index (χ2n) is 7.26. The number of hydrazine groups is 1. The van der Waals surface area contributed by atoms with E-state index in [9.17, 15) is 9.59 Å². The van der Waals surface area contributed by atoms with Crippen molar-refractivity contribution in [1.82, 2.24) is 10.3 Å². The second-order valence-corrected chi connectivity index (χ2v) is 7.26. The van der Waals surface area contributed by atoms with Crippen LogP contribution < -0.4 is 10.3 Å². The molecule has 2 atom stereocenters. The molecule has 6 nitrogen and oxygen atoms in total. The Kier molecular flexibility index (Phi) is 5.49. The van der Waals surface area contributed by atoms with Gasteiger partial charge >= 0.3 is 6.09 Å². The monoisotopic (exact) mass is 333 g/mol. The van der Waals surface area contributed by atoms with Crippen LogP contribution in [0.3, 0.4) is 0 Å². The van der Waals surface area contributed by atoms with Crippen molar-refractivity contribution < 1.29 is 14.3 Å². The average molecular weight is 333 g/mol. The number of hydrogen-bond acceptors (Lipinski definition) is 4. The third-order valence-electron chi connectivity index (χ3n) is 3.88. The topological polar surface area (TPSA) is 61.9 Å². The lowest BCUT2D eigenvalue weighted by Crippen LogP contribution is -2.43. The third kappa shape index (κ3) is 4.71. The molecular weight excluding hydrogens is 306 g/mol. The molecule has 0 saturated carbocycles.